The molecule has 0 saturated heterocycles. The molecular weight excluding hydrogens is 202 g/mol. The summed E-state index contributed by atoms with van der Waals surface area (Å²) in [6.07, 6.45) is 2.67. The first kappa shape index (κ1) is 10.8. The zero-order chi connectivity index (χ0) is 11.5. The molecule has 0 N–H and O–H groups in total. The van der Waals surface area contributed by atoms with Gasteiger partial charge in [0.15, 0.2) is 11.5 Å². The van der Waals surface area contributed by atoms with Crippen molar-refractivity contribution in [3.8, 4) is 17.6 Å². The van der Waals surface area contributed by atoms with Crippen molar-refractivity contribution in [2.45, 2.75) is 25.2 Å². The molecule has 84 valence electrons. The van der Waals surface area contributed by atoms with E-state index >= 15 is 0 Å². The fourth-order valence-corrected chi connectivity index (χ4v) is 2.34. The van der Waals surface area contributed by atoms with E-state index in [9.17, 15) is 0 Å². The second-order valence-corrected chi connectivity index (χ2v) is 4.00. The molecule has 0 bridgehead atoms. The number of fused-ring (bicyclic) bond motifs is 1. The van der Waals surface area contributed by atoms with Gasteiger partial charge in [0.2, 0.25) is 0 Å². The highest BCUT2D eigenvalue weighted by molar-refractivity contribution is 5.50. The molecule has 16 heavy (non-hydrogen) atoms. The minimum atomic E-state index is 0.361. The van der Waals surface area contributed by atoms with Crippen molar-refractivity contribution in [3.05, 3.63) is 23.3 Å². The Morgan fingerprint density at radius 1 is 1.31 bits per heavy atom. The van der Waals surface area contributed by atoms with E-state index in [1.54, 1.807) is 14.2 Å². The van der Waals surface area contributed by atoms with Crippen molar-refractivity contribution in [1.82, 2.24) is 0 Å². The Balaban J connectivity index is 2.41. The maximum absolute atomic E-state index is 8.77. The summed E-state index contributed by atoms with van der Waals surface area (Å²) >= 11 is 0. The van der Waals surface area contributed by atoms with Crippen molar-refractivity contribution in [1.29, 1.82) is 5.26 Å². The number of nitrogens with zero attached hydrogens (tertiary/aromatic N) is 1. The molecule has 1 aromatic carbocycles. The summed E-state index contributed by atoms with van der Waals surface area (Å²) in [4.78, 5) is 0. The summed E-state index contributed by atoms with van der Waals surface area (Å²) in [6, 6.07) is 6.29. The smallest absolute Gasteiger partial charge is 0.161 e. The third-order valence-corrected chi connectivity index (χ3v) is 3.19. The Labute approximate surface area is 95.6 Å². The van der Waals surface area contributed by atoms with Crippen LogP contribution in [-0.2, 0) is 6.42 Å². The summed E-state index contributed by atoms with van der Waals surface area (Å²) < 4.78 is 10.5. The molecule has 0 aliphatic heterocycles. The van der Waals surface area contributed by atoms with Gasteiger partial charge in [-0.2, -0.15) is 5.26 Å². The lowest BCUT2D eigenvalue weighted by molar-refractivity contribution is 0.354. The predicted octanol–water partition coefficient (Wildman–Crippen LogP) is 2.65. The molecule has 3 heteroatoms. The zero-order valence-electron chi connectivity index (χ0n) is 9.62. The second kappa shape index (κ2) is 4.44. The number of hydrogen-bond donors (Lipinski definition) is 0. The Morgan fingerprint density at radius 2 is 2.00 bits per heavy atom. The van der Waals surface area contributed by atoms with Crippen LogP contribution in [0.2, 0.25) is 0 Å². The number of aryl methyl sites for hydroxylation is 1. The SMILES string of the molecule is COc1cc2c(cc1OC)C(CC#N)CC2. The summed E-state index contributed by atoms with van der Waals surface area (Å²) in [6.45, 7) is 0. The molecule has 0 heterocycles. The minimum absolute atomic E-state index is 0.361. The average Bonchev–Trinajstić information content (AvgIpc) is 2.70. The number of hydrogen-bond acceptors (Lipinski definition) is 3. The van der Waals surface area contributed by atoms with Crippen LogP contribution in [0.3, 0.4) is 0 Å². The van der Waals surface area contributed by atoms with Crippen molar-refractivity contribution in [2.75, 3.05) is 14.2 Å². The van der Waals surface area contributed by atoms with Gasteiger partial charge in [-0.1, -0.05) is 0 Å². The van der Waals surface area contributed by atoms with E-state index in [4.69, 9.17) is 14.7 Å². The molecule has 1 atom stereocenters. The molecule has 0 fully saturated rings. The van der Waals surface area contributed by atoms with Gasteiger partial charge in [-0.3, -0.25) is 0 Å². The summed E-state index contributed by atoms with van der Waals surface area (Å²) in [7, 11) is 3.28. The molecule has 1 aliphatic carbocycles. The van der Waals surface area contributed by atoms with Crippen LogP contribution in [0.25, 0.3) is 0 Å². The summed E-state index contributed by atoms with van der Waals surface area (Å²) in [5, 5.41) is 8.77. The van der Waals surface area contributed by atoms with Crippen LogP contribution in [0.15, 0.2) is 12.1 Å². The van der Waals surface area contributed by atoms with E-state index in [2.05, 4.69) is 6.07 Å². The Morgan fingerprint density at radius 3 is 2.62 bits per heavy atom. The fourth-order valence-electron chi connectivity index (χ4n) is 2.34. The largest absolute Gasteiger partial charge is 0.493 e. The standard InChI is InChI=1S/C13H15NO2/c1-15-12-7-10-4-3-9(5-6-14)11(10)8-13(12)16-2/h7-9H,3-5H2,1-2H3. The Hall–Kier alpha value is -1.69. The third-order valence-electron chi connectivity index (χ3n) is 3.19. The molecule has 1 unspecified atom stereocenters. The molecule has 2 rings (SSSR count). The van der Waals surface area contributed by atoms with Crippen LogP contribution >= 0.6 is 0 Å². The van der Waals surface area contributed by atoms with Crippen LogP contribution in [0.1, 0.15) is 29.9 Å². The molecule has 0 amide bonds. The monoisotopic (exact) mass is 217 g/mol. The number of ether oxygens (including phenoxy) is 2. The van der Waals surface area contributed by atoms with Crippen LogP contribution in [-0.4, -0.2) is 14.2 Å². The Kier molecular flexibility index (Phi) is 3.00. The zero-order valence-corrected chi connectivity index (χ0v) is 9.62. The first-order valence-corrected chi connectivity index (χ1v) is 5.42. The van der Waals surface area contributed by atoms with Crippen LogP contribution in [0, 0.1) is 11.3 Å². The van der Waals surface area contributed by atoms with E-state index in [1.165, 1.54) is 11.1 Å². The van der Waals surface area contributed by atoms with Crippen LogP contribution in [0.5, 0.6) is 11.5 Å². The molecule has 0 spiro atoms. The Bertz CT molecular complexity index is 434. The lowest BCUT2D eigenvalue weighted by atomic mass is 9.98. The van der Waals surface area contributed by atoms with Gasteiger partial charge in [-0.15, -0.1) is 0 Å². The first-order valence-electron chi connectivity index (χ1n) is 5.42. The van der Waals surface area contributed by atoms with Crippen LogP contribution in [0.4, 0.5) is 0 Å². The molecule has 0 saturated carbocycles. The molecule has 1 aromatic rings. The minimum Gasteiger partial charge on any atom is -0.493 e. The number of benzene rings is 1. The van der Waals surface area contributed by atoms with Gasteiger partial charge in [0, 0.05) is 6.42 Å². The van der Waals surface area contributed by atoms with Gasteiger partial charge in [-0.25, -0.2) is 0 Å². The predicted molar refractivity (Wildman–Crippen MR) is 60.8 cm³/mol. The lowest BCUT2D eigenvalue weighted by Crippen LogP contribution is -1.96. The van der Waals surface area contributed by atoms with Crippen molar-refractivity contribution in [3.63, 3.8) is 0 Å². The third kappa shape index (κ3) is 1.71. The van der Waals surface area contributed by atoms with Gasteiger partial charge >= 0.3 is 0 Å². The first-order chi connectivity index (χ1) is 7.80. The van der Waals surface area contributed by atoms with E-state index in [-0.39, 0.29) is 0 Å². The van der Waals surface area contributed by atoms with Gasteiger partial charge in [0.05, 0.1) is 20.3 Å². The second-order valence-electron chi connectivity index (χ2n) is 4.00. The van der Waals surface area contributed by atoms with Gasteiger partial charge in [0.1, 0.15) is 0 Å². The van der Waals surface area contributed by atoms with Gasteiger partial charge in [-0.05, 0) is 42.0 Å². The quantitative estimate of drug-likeness (QED) is 0.781. The normalized spacial score (nSPS) is 17.7. The van der Waals surface area contributed by atoms with Crippen molar-refractivity contribution >= 4 is 0 Å². The van der Waals surface area contributed by atoms with E-state index in [0.29, 0.717) is 12.3 Å². The fraction of sp³-hybridized carbons (Fsp3) is 0.462. The molecule has 3 nitrogen and oxygen atoms in total. The number of nitriles is 1. The summed E-state index contributed by atoms with van der Waals surface area (Å²) in [5.74, 6) is 1.89. The maximum Gasteiger partial charge on any atom is 0.161 e. The molecule has 0 aromatic heterocycles. The highest BCUT2D eigenvalue weighted by Crippen LogP contribution is 2.41. The van der Waals surface area contributed by atoms with Gasteiger partial charge in [0.25, 0.3) is 0 Å². The average molecular weight is 217 g/mol. The van der Waals surface area contributed by atoms with Crippen LogP contribution < -0.4 is 9.47 Å². The molecular formula is C13H15NO2. The number of methoxy groups -OCH3 is 2. The number of rotatable bonds is 3. The topological polar surface area (TPSA) is 42.2 Å². The van der Waals surface area contributed by atoms with E-state index < -0.39 is 0 Å². The van der Waals surface area contributed by atoms with E-state index in [1.807, 2.05) is 12.1 Å². The van der Waals surface area contributed by atoms with Crippen molar-refractivity contribution in [2.24, 2.45) is 0 Å². The lowest BCUT2D eigenvalue weighted by Gasteiger charge is -2.12. The van der Waals surface area contributed by atoms with E-state index in [0.717, 1.165) is 24.3 Å². The van der Waals surface area contributed by atoms with Gasteiger partial charge < -0.3 is 9.47 Å². The highest BCUT2D eigenvalue weighted by atomic mass is 16.5. The molecule has 0 radical (unpaired) electrons. The van der Waals surface area contributed by atoms with Crippen molar-refractivity contribution < 1.29 is 9.47 Å². The maximum atomic E-state index is 8.77. The molecule has 1 aliphatic rings. The highest BCUT2D eigenvalue weighted by Gasteiger charge is 2.24. The summed E-state index contributed by atoms with van der Waals surface area (Å²) in [5.41, 5.74) is 2.54.